The minimum absolute atomic E-state index is 0.0387. The maximum Gasteiger partial charge on any atom is 0.0454 e. The van der Waals surface area contributed by atoms with Crippen LogP contribution in [0.2, 0.25) is 5.02 Å². The molecule has 0 heterocycles. The molecule has 1 rings (SSSR count). The molecular weight excluding hydrogens is 310 g/mol. The monoisotopic (exact) mass is 331 g/mol. The van der Waals surface area contributed by atoms with Crippen LogP contribution in [0, 0.1) is 5.92 Å². The van der Waals surface area contributed by atoms with E-state index in [1.807, 2.05) is 18.2 Å². The lowest BCUT2D eigenvalue weighted by Crippen LogP contribution is -2.16. The van der Waals surface area contributed by atoms with Crippen molar-refractivity contribution in [3.63, 3.8) is 0 Å². The van der Waals surface area contributed by atoms with Crippen LogP contribution in [0.4, 0.5) is 0 Å². The third-order valence-corrected chi connectivity index (χ3v) is 4.33. The van der Waals surface area contributed by atoms with Crippen molar-refractivity contribution < 1.29 is 0 Å². The Labute approximate surface area is 124 Å². The molecule has 2 unspecified atom stereocenters. The van der Waals surface area contributed by atoms with E-state index < -0.39 is 0 Å². The van der Waals surface area contributed by atoms with Crippen molar-refractivity contribution in [1.82, 2.24) is 0 Å². The van der Waals surface area contributed by atoms with Gasteiger partial charge in [0, 0.05) is 15.5 Å². The Morgan fingerprint density at radius 2 is 2.06 bits per heavy atom. The topological polar surface area (TPSA) is 26.0 Å². The fourth-order valence-electron chi connectivity index (χ4n) is 2.27. The van der Waals surface area contributed by atoms with Crippen molar-refractivity contribution in [2.75, 3.05) is 0 Å². The Morgan fingerprint density at radius 3 is 2.67 bits per heavy atom. The molecule has 0 aromatic heterocycles. The summed E-state index contributed by atoms with van der Waals surface area (Å²) in [6.07, 6.45) is 6.03. The summed E-state index contributed by atoms with van der Waals surface area (Å²) in [6, 6.07) is 5.94. The van der Waals surface area contributed by atoms with Crippen LogP contribution >= 0.6 is 27.5 Å². The molecule has 1 aromatic rings. The maximum absolute atomic E-state index is 6.31. The number of halogens is 2. The van der Waals surface area contributed by atoms with Crippen LogP contribution in [-0.2, 0) is 0 Å². The van der Waals surface area contributed by atoms with Gasteiger partial charge in [0.1, 0.15) is 0 Å². The summed E-state index contributed by atoms with van der Waals surface area (Å²) in [5, 5.41) is 0.774. The van der Waals surface area contributed by atoms with Gasteiger partial charge < -0.3 is 5.73 Å². The van der Waals surface area contributed by atoms with Crippen LogP contribution in [0.25, 0.3) is 0 Å². The van der Waals surface area contributed by atoms with Crippen molar-refractivity contribution in [2.24, 2.45) is 11.7 Å². The van der Waals surface area contributed by atoms with E-state index in [9.17, 15) is 0 Å². The molecule has 0 bridgehead atoms. The van der Waals surface area contributed by atoms with Crippen molar-refractivity contribution in [1.29, 1.82) is 0 Å². The maximum atomic E-state index is 6.31. The van der Waals surface area contributed by atoms with Crippen molar-refractivity contribution in [3.05, 3.63) is 33.3 Å². The van der Waals surface area contributed by atoms with Gasteiger partial charge in [-0.05, 0) is 36.1 Å². The number of hydrogen-bond donors (Lipinski definition) is 1. The zero-order chi connectivity index (χ0) is 13.5. The molecule has 0 aliphatic rings. The van der Waals surface area contributed by atoms with Crippen LogP contribution in [-0.4, -0.2) is 0 Å². The van der Waals surface area contributed by atoms with Gasteiger partial charge >= 0.3 is 0 Å². The molecule has 0 aliphatic heterocycles. The molecule has 0 saturated heterocycles. The summed E-state index contributed by atoms with van der Waals surface area (Å²) < 4.78 is 1.04. The fourth-order valence-corrected chi connectivity index (χ4v) is 2.90. The zero-order valence-corrected chi connectivity index (χ0v) is 13.6. The Hall–Kier alpha value is -0.0500. The molecule has 0 fully saturated rings. The lowest BCUT2D eigenvalue weighted by molar-refractivity contribution is 0.388. The Bertz CT molecular complexity index is 368. The molecule has 18 heavy (non-hydrogen) atoms. The van der Waals surface area contributed by atoms with E-state index in [0.29, 0.717) is 5.92 Å². The summed E-state index contributed by atoms with van der Waals surface area (Å²) >= 11 is 9.70. The first kappa shape index (κ1) is 16.0. The molecular formula is C15H23BrClN. The van der Waals surface area contributed by atoms with E-state index in [2.05, 4.69) is 29.8 Å². The average Bonchev–Trinajstić information content (AvgIpc) is 2.37. The van der Waals surface area contributed by atoms with E-state index >= 15 is 0 Å². The van der Waals surface area contributed by atoms with Gasteiger partial charge in [-0.1, -0.05) is 67.1 Å². The van der Waals surface area contributed by atoms with E-state index in [1.165, 1.54) is 25.7 Å². The SMILES string of the molecule is CCCCC(CC)CC(N)c1cc(Br)ccc1Cl. The number of benzene rings is 1. The van der Waals surface area contributed by atoms with Crippen LogP contribution in [0.3, 0.4) is 0 Å². The highest BCUT2D eigenvalue weighted by Gasteiger charge is 2.16. The number of hydrogen-bond acceptors (Lipinski definition) is 1. The third-order valence-electron chi connectivity index (χ3n) is 3.49. The first-order chi connectivity index (χ1) is 8.58. The highest BCUT2D eigenvalue weighted by Crippen LogP contribution is 2.31. The zero-order valence-electron chi connectivity index (χ0n) is 11.3. The molecule has 0 aliphatic carbocycles. The first-order valence-corrected chi connectivity index (χ1v) is 7.96. The highest BCUT2D eigenvalue weighted by atomic mass is 79.9. The smallest absolute Gasteiger partial charge is 0.0454 e. The van der Waals surface area contributed by atoms with Crippen molar-refractivity contribution in [2.45, 2.75) is 52.0 Å². The summed E-state index contributed by atoms with van der Waals surface area (Å²) in [4.78, 5) is 0. The normalized spacial score (nSPS) is 14.5. The second kappa shape index (κ2) is 8.19. The van der Waals surface area contributed by atoms with Crippen LogP contribution in [0.5, 0.6) is 0 Å². The average molecular weight is 333 g/mol. The minimum atomic E-state index is 0.0387. The van der Waals surface area contributed by atoms with E-state index in [4.69, 9.17) is 17.3 Å². The van der Waals surface area contributed by atoms with Crippen molar-refractivity contribution >= 4 is 27.5 Å². The Balaban J connectivity index is 2.67. The number of rotatable bonds is 7. The molecule has 0 radical (unpaired) electrons. The lowest BCUT2D eigenvalue weighted by Gasteiger charge is -2.21. The summed E-state index contributed by atoms with van der Waals surface area (Å²) in [7, 11) is 0. The number of nitrogens with two attached hydrogens (primary N) is 1. The van der Waals surface area contributed by atoms with Gasteiger partial charge in [0.05, 0.1) is 0 Å². The van der Waals surface area contributed by atoms with E-state index in [1.54, 1.807) is 0 Å². The second-order valence-corrected chi connectivity index (χ2v) is 6.25. The third kappa shape index (κ3) is 4.91. The first-order valence-electron chi connectivity index (χ1n) is 6.79. The molecule has 0 saturated carbocycles. The minimum Gasteiger partial charge on any atom is -0.324 e. The van der Waals surface area contributed by atoms with Gasteiger partial charge in [-0.15, -0.1) is 0 Å². The molecule has 102 valence electrons. The second-order valence-electron chi connectivity index (χ2n) is 4.92. The van der Waals surface area contributed by atoms with Gasteiger partial charge in [-0.25, -0.2) is 0 Å². The molecule has 1 aromatic carbocycles. The summed E-state index contributed by atoms with van der Waals surface area (Å²) in [5.41, 5.74) is 7.36. The van der Waals surface area contributed by atoms with Crippen molar-refractivity contribution in [3.8, 4) is 0 Å². The number of unbranched alkanes of at least 4 members (excludes halogenated alkanes) is 1. The Kier molecular flexibility index (Phi) is 7.28. The fraction of sp³-hybridized carbons (Fsp3) is 0.600. The largest absolute Gasteiger partial charge is 0.324 e. The molecule has 2 N–H and O–H groups in total. The molecule has 0 amide bonds. The van der Waals surface area contributed by atoms with Gasteiger partial charge in [-0.2, -0.15) is 0 Å². The van der Waals surface area contributed by atoms with Crippen LogP contribution in [0.15, 0.2) is 22.7 Å². The molecule has 2 atom stereocenters. The molecule has 3 heteroatoms. The lowest BCUT2D eigenvalue weighted by atomic mass is 9.89. The summed E-state index contributed by atoms with van der Waals surface area (Å²) in [6.45, 7) is 4.48. The van der Waals surface area contributed by atoms with Gasteiger partial charge in [0.15, 0.2) is 0 Å². The van der Waals surface area contributed by atoms with Gasteiger partial charge in [0.25, 0.3) is 0 Å². The Morgan fingerprint density at radius 1 is 1.33 bits per heavy atom. The van der Waals surface area contributed by atoms with Crippen LogP contribution < -0.4 is 5.73 Å². The van der Waals surface area contributed by atoms with E-state index in [0.717, 1.165) is 21.5 Å². The molecule has 0 spiro atoms. The predicted octanol–water partition coefficient (Wildman–Crippen LogP) is 5.71. The quantitative estimate of drug-likeness (QED) is 0.680. The van der Waals surface area contributed by atoms with Gasteiger partial charge in [-0.3, -0.25) is 0 Å². The summed E-state index contributed by atoms with van der Waals surface area (Å²) in [5.74, 6) is 0.704. The van der Waals surface area contributed by atoms with Crippen LogP contribution in [0.1, 0.15) is 57.6 Å². The molecule has 1 nitrogen and oxygen atoms in total. The van der Waals surface area contributed by atoms with E-state index in [-0.39, 0.29) is 6.04 Å². The van der Waals surface area contributed by atoms with Gasteiger partial charge in [0.2, 0.25) is 0 Å². The standard InChI is InChI=1S/C15H23BrClN/c1-3-5-6-11(4-2)9-15(18)13-10-12(16)7-8-14(13)17/h7-8,10-11,15H,3-6,9,18H2,1-2H3. The predicted molar refractivity (Wildman–Crippen MR) is 84.0 cm³/mol. The highest BCUT2D eigenvalue weighted by molar-refractivity contribution is 9.10.